The van der Waals surface area contributed by atoms with Crippen molar-refractivity contribution < 1.29 is 9.53 Å². The fourth-order valence-corrected chi connectivity index (χ4v) is 3.02. The second-order valence-electron chi connectivity index (χ2n) is 6.51. The van der Waals surface area contributed by atoms with Crippen molar-refractivity contribution in [3.8, 4) is 5.75 Å². The molecule has 0 bridgehead atoms. The molecule has 0 spiro atoms. The molecule has 2 aromatic carbocycles. The maximum absolute atomic E-state index is 12.5. The Morgan fingerprint density at radius 3 is 2.41 bits per heavy atom. The van der Waals surface area contributed by atoms with E-state index in [-0.39, 0.29) is 5.91 Å². The van der Waals surface area contributed by atoms with Crippen LogP contribution in [-0.4, -0.2) is 51.1 Å². The van der Waals surface area contributed by atoms with Gasteiger partial charge in [-0.1, -0.05) is 44.2 Å². The van der Waals surface area contributed by atoms with Crippen molar-refractivity contribution in [1.82, 2.24) is 10.2 Å². The molecule has 0 unspecified atom stereocenters. The number of hydrogen-bond donors (Lipinski definition) is 1. The molecule has 0 aliphatic rings. The molecular formula is C22H31N3O2. The summed E-state index contributed by atoms with van der Waals surface area (Å²) in [5.41, 5.74) is 2.81. The Morgan fingerprint density at radius 1 is 1.07 bits per heavy atom. The zero-order chi connectivity index (χ0) is 19.6. The lowest BCUT2D eigenvalue weighted by Gasteiger charge is -2.21. The van der Waals surface area contributed by atoms with Crippen LogP contribution in [0, 0.1) is 0 Å². The van der Waals surface area contributed by atoms with Crippen LogP contribution in [-0.2, 0) is 6.54 Å². The molecule has 0 atom stereocenters. The number of likely N-dealkylation sites (N-methyl/N-ethyl adjacent to an activating group) is 1. The van der Waals surface area contributed by atoms with E-state index in [1.807, 2.05) is 43.4 Å². The second kappa shape index (κ2) is 10.6. The van der Waals surface area contributed by atoms with Crippen LogP contribution in [0.3, 0.4) is 0 Å². The number of hydrogen-bond acceptors (Lipinski definition) is 4. The van der Waals surface area contributed by atoms with Gasteiger partial charge in [0.1, 0.15) is 5.75 Å². The van der Waals surface area contributed by atoms with Crippen molar-refractivity contribution in [3.63, 3.8) is 0 Å². The van der Waals surface area contributed by atoms with Gasteiger partial charge in [-0.25, -0.2) is 0 Å². The largest absolute Gasteiger partial charge is 0.496 e. The fraction of sp³-hybridized carbons (Fsp3) is 0.409. The van der Waals surface area contributed by atoms with Gasteiger partial charge in [0, 0.05) is 38.4 Å². The lowest BCUT2D eigenvalue weighted by molar-refractivity contribution is 0.0946. The summed E-state index contributed by atoms with van der Waals surface area (Å²) in [7, 11) is 3.63. The smallest absolute Gasteiger partial charge is 0.255 e. The Hall–Kier alpha value is -2.53. The van der Waals surface area contributed by atoms with Gasteiger partial charge >= 0.3 is 0 Å². The Morgan fingerprint density at radius 2 is 1.78 bits per heavy atom. The van der Waals surface area contributed by atoms with Gasteiger partial charge in [0.25, 0.3) is 5.91 Å². The van der Waals surface area contributed by atoms with Crippen LogP contribution in [0.15, 0.2) is 48.5 Å². The SMILES string of the molecule is CCN(CC)CCNC(=O)c1ccc(N(C)Cc2ccccc2)cc1OC. The molecule has 5 heteroatoms. The predicted molar refractivity (Wildman–Crippen MR) is 112 cm³/mol. The van der Waals surface area contributed by atoms with E-state index < -0.39 is 0 Å². The third-order valence-electron chi connectivity index (χ3n) is 4.74. The molecule has 0 saturated carbocycles. The van der Waals surface area contributed by atoms with Crippen LogP contribution in [0.4, 0.5) is 5.69 Å². The number of methoxy groups -OCH3 is 1. The first kappa shape index (κ1) is 20.8. The molecule has 5 nitrogen and oxygen atoms in total. The Labute approximate surface area is 162 Å². The van der Waals surface area contributed by atoms with Crippen molar-refractivity contribution in [3.05, 3.63) is 59.7 Å². The number of nitrogens with zero attached hydrogens (tertiary/aromatic N) is 2. The van der Waals surface area contributed by atoms with E-state index in [1.54, 1.807) is 7.11 Å². The van der Waals surface area contributed by atoms with E-state index in [2.05, 4.69) is 41.1 Å². The van der Waals surface area contributed by atoms with E-state index in [1.165, 1.54) is 5.56 Å². The van der Waals surface area contributed by atoms with E-state index in [0.717, 1.165) is 31.9 Å². The number of ether oxygens (including phenoxy) is 1. The maximum Gasteiger partial charge on any atom is 0.255 e. The van der Waals surface area contributed by atoms with Crippen molar-refractivity contribution in [2.75, 3.05) is 45.2 Å². The molecule has 2 rings (SSSR count). The van der Waals surface area contributed by atoms with Crippen molar-refractivity contribution in [2.24, 2.45) is 0 Å². The van der Waals surface area contributed by atoms with Crippen LogP contribution in [0.25, 0.3) is 0 Å². The van der Waals surface area contributed by atoms with E-state index in [9.17, 15) is 4.79 Å². The van der Waals surface area contributed by atoms with E-state index in [4.69, 9.17) is 4.74 Å². The molecule has 0 aromatic heterocycles. The van der Waals surface area contributed by atoms with Crippen LogP contribution in [0.2, 0.25) is 0 Å². The normalized spacial score (nSPS) is 10.7. The minimum Gasteiger partial charge on any atom is -0.496 e. The second-order valence-corrected chi connectivity index (χ2v) is 6.51. The van der Waals surface area contributed by atoms with Gasteiger partial charge in [0.05, 0.1) is 12.7 Å². The molecule has 0 fully saturated rings. The van der Waals surface area contributed by atoms with E-state index in [0.29, 0.717) is 17.9 Å². The summed E-state index contributed by atoms with van der Waals surface area (Å²) in [5, 5.41) is 2.99. The molecular weight excluding hydrogens is 338 g/mol. The molecule has 0 aliphatic heterocycles. The van der Waals surface area contributed by atoms with Gasteiger partial charge in [-0.05, 0) is 30.8 Å². The summed E-state index contributed by atoms with van der Waals surface area (Å²) in [6, 6.07) is 16.0. The Kier molecular flexibility index (Phi) is 8.14. The molecule has 1 amide bonds. The summed E-state index contributed by atoms with van der Waals surface area (Å²) < 4.78 is 5.48. The average Bonchev–Trinajstić information content (AvgIpc) is 2.71. The maximum atomic E-state index is 12.5. The first-order valence-corrected chi connectivity index (χ1v) is 9.52. The Bertz CT molecular complexity index is 715. The summed E-state index contributed by atoms with van der Waals surface area (Å²) in [5.74, 6) is 0.490. The van der Waals surface area contributed by atoms with Gasteiger partial charge in [-0.2, -0.15) is 0 Å². The number of benzene rings is 2. The lowest BCUT2D eigenvalue weighted by atomic mass is 10.1. The molecule has 2 aromatic rings. The summed E-state index contributed by atoms with van der Waals surface area (Å²) >= 11 is 0. The highest BCUT2D eigenvalue weighted by Crippen LogP contribution is 2.26. The number of carbonyl (C=O) groups excluding carboxylic acids is 1. The topological polar surface area (TPSA) is 44.8 Å². The first-order valence-electron chi connectivity index (χ1n) is 9.52. The number of anilines is 1. The molecule has 0 radical (unpaired) electrons. The lowest BCUT2D eigenvalue weighted by Crippen LogP contribution is -2.34. The minimum absolute atomic E-state index is 0.101. The van der Waals surface area contributed by atoms with Crippen LogP contribution in [0.1, 0.15) is 29.8 Å². The first-order chi connectivity index (χ1) is 13.1. The van der Waals surface area contributed by atoms with Gasteiger partial charge in [0.15, 0.2) is 0 Å². The van der Waals surface area contributed by atoms with Gasteiger partial charge in [-0.3, -0.25) is 4.79 Å². The monoisotopic (exact) mass is 369 g/mol. The van der Waals surface area contributed by atoms with Gasteiger partial charge < -0.3 is 19.9 Å². The standard InChI is InChI=1S/C22H31N3O2/c1-5-25(6-2)15-14-23-22(26)20-13-12-19(16-21(20)27-4)24(3)17-18-10-8-7-9-11-18/h7-13,16H,5-6,14-15,17H2,1-4H3,(H,23,26). The minimum atomic E-state index is -0.101. The van der Waals surface area contributed by atoms with Gasteiger partial charge in [-0.15, -0.1) is 0 Å². The van der Waals surface area contributed by atoms with Crippen molar-refractivity contribution in [2.45, 2.75) is 20.4 Å². The molecule has 27 heavy (non-hydrogen) atoms. The summed E-state index contributed by atoms with van der Waals surface area (Å²) in [6.45, 7) is 8.48. The van der Waals surface area contributed by atoms with Crippen molar-refractivity contribution >= 4 is 11.6 Å². The molecule has 0 heterocycles. The van der Waals surface area contributed by atoms with Crippen LogP contribution < -0.4 is 15.0 Å². The van der Waals surface area contributed by atoms with Crippen molar-refractivity contribution in [1.29, 1.82) is 0 Å². The van der Waals surface area contributed by atoms with E-state index >= 15 is 0 Å². The summed E-state index contributed by atoms with van der Waals surface area (Å²) in [6.07, 6.45) is 0. The van der Waals surface area contributed by atoms with Crippen LogP contribution >= 0.6 is 0 Å². The molecule has 1 N–H and O–H groups in total. The molecule has 0 aliphatic carbocycles. The third kappa shape index (κ3) is 6.00. The number of rotatable bonds is 10. The highest BCUT2D eigenvalue weighted by atomic mass is 16.5. The zero-order valence-corrected chi connectivity index (χ0v) is 16.9. The zero-order valence-electron chi connectivity index (χ0n) is 16.9. The van der Waals surface area contributed by atoms with Gasteiger partial charge in [0.2, 0.25) is 0 Å². The fourth-order valence-electron chi connectivity index (χ4n) is 3.02. The molecule has 146 valence electrons. The predicted octanol–water partition coefficient (Wildman–Crippen LogP) is 3.40. The average molecular weight is 370 g/mol. The number of nitrogens with one attached hydrogen (secondary N) is 1. The van der Waals surface area contributed by atoms with Crippen LogP contribution in [0.5, 0.6) is 5.75 Å². The number of amides is 1. The Balaban J connectivity index is 2.03. The third-order valence-corrected chi connectivity index (χ3v) is 4.74. The summed E-state index contributed by atoms with van der Waals surface area (Å²) in [4.78, 5) is 16.9. The molecule has 0 saturated heterocycles. The highest BCUT2D eigenvalue weighted by Gasteiger charge is 2.14. The number of carbonyl (C=O) groups is 1. The highest BCUT2D eigenvalue weighted by molar-refractivity contribution is 5.97. The quantitative estimate of drug-likeness (QED) is 0.697.